The SMILES string of the molecule is Cc1cc(C)n(-c2ccc(Cl)c(C(=O)OCC(=O)Nc3ccccc3[N+](=O)[O-])n2)n1. The van der Waals surface area contributed by atoms with Crippen LogP contribution in [0.15, 0.2) is 42.5 Å². The van der Waals surface area contributed by atoms with E-state index in [-0.39, 0.29) is 22.1 Å². The van der Waals surface area contributed by atoms with Crippen LogP contribution in [0.2, 0.25) is 5.02 Å². The summed E-state index contributed by atoms with van der Waals surface area (Å²) in [6.45, 7) is 2.98. The average molecular weight is 430 g/mol. The van der Waals surface area contributed by atoms with Crippen molar-refractivity contribution in [1.82, 2.24) is 14.8 Å². The molecule has 154 valence electrons. The first kappa shape index (κ1) is 20.9. The second-order valence-corrected chi connectivity index (χ2v) is 6.64. The highest BCUT2D eigenvalue weighted by Gasteiger charge is 2.19. The number of pyridine rings is 1. The molecule has 0 fully saturated rings. The summed E-state index contributed by atoms with van der Waals surface area (Å²) in [5.74, 6) is -1.30. The zero-order chi connectivity index (χ0) is 21.8. The van der Waals surface area contributed by atoms with Crippen LogP contribution in [0.1, 0.15) is 21.9 Å². The minimum atomic E-state index is -0.916. The standard InChI is InChI=1S/C19H16ClN5O5/c1-11-9-12(2)24(23-11)16-8-7-13(20)18(22-16)19(27)30-10-17(26)21-14-5-3-4-6-15(14)25(28)29/h3-9H,10H2,1-2H3,(H,21,26). The van der Waals surface area contributed by atoms with Crippen LogP contribution in [-0.4, -0.2) is 38.2 Å². The van der Waals surface area contributed by atoms with E-state index in [1.165, 1.54) is 30.3 Å². The minimum absolute atomic E-state index is 0.00812. The number of esters is 1. The van der Waals surface area contributed by atoms with E-state index in [2.05, 4.69) is 15.4 Å². The number of amides is 1. The van der Waals surface area contributed by atoms with Gasteiger partial charge in [-0.15, -0.1) is 0 Å². The Balaban J connectivity index is 1.71. The van der Waals surface area contributed by atoms with Crippen LogP contribution >= 0.6 is 11.6 Å². The molecule has 0 bridgehead atoms. The molecule has 3 rings (SSSR count). The van der Waals surface area contributed by atoms with Gasteiger partial charge in [0.2, 0.25) is 0 Å². The normalized spacial score (nSPS) is 10.5. The molecule has 11 heteroatoms. The maximum Gasteiger partial charge on any atom is 0.359 e. The highest BCUT2D eigenvalue weighted by atomic mass is 35.5. The van der Waals surface area contributed by atoms with Crippen molar-refractivity contribution in [2.45, 2.75) is 13.8 Å². The fraction of sp³-hybridized carbons (Fsp3) is 0.158. The molecule has 0 aliphatic heterocycles. The Morgan fingerprint density at radius 3 is 2.63 bits per heavy atom. The number of benzene rings is 1. The Morgan fingerprint density at radius 1 is 1.23 bits per heavy atom. The fourth-order valence-corrected chi connectivity index (χ4v) is 2.86. The van der Waals surface area contributed by atoms with Gasteiger partial charge in [0.05, 0.1) is 15.6 Å². The van der Waals surface area contributed by atoms with Gasteiger partial charge in [-0.3, -0.25) is 14.9 Å². The molecule has 0 spiro atoms. The van der Waals surface area contributed by atoms with Crippen LogP contribution in [0, 0.1) is 24.0 Å². The zero-order valence-corrected chi connectivity index (χ0v) is 16.7. The number of nitro groups is 1. The molecule has 2 aromatic heterocycles. The summed E-state index contributed by atoms with van der Waals surface area (Å²) in [5, 5.41) is 17.7. The van der Waals surface area contributed by atoms with Gasteiger partial charge in [0, 0.05) is 11.8 Å². The molecule has 1 N–H and O–H groups in total. The highest BCUT2D eigenvalue weighted by molar-refractivity contribution is 6.33. The largest absolute Gasteiger partial charge is 0.451 e. The van der Waals surface area contributed by atoms with Crippen molar-refractivity contribution >= 4 is 34.9 Å². The molecule has 0 atom stereocenters. The zero-order valence-electron chi connectivity index (χ0n) is 16.0. The van der Waals surface area contributed by atoms with Crippen LogP contribution in [-0.2, 0) is 9.53 Å². The number of nitrogens with one attached hydrogen (secondary N) is 1. The molecule has 30 heavy (non-hydrogen) atoms. The van der Waals surface area contributed by atoms with Gasteiger partial charge in [-0.1, -0.05) is 23.7 Å². The number of aromatic nitrogens is 3. The van der Waals surface area contributed by atoms with E-state index in [0.29, 0.717) is 5.82 Å². The smallest absolute Gasteiger partial charge is 0.359 e. The predicted octanol–water partition coefficient (Wildman–Crippen LogP) is 3.24. The van der Waals surface area contributed by atoms with Crippen molar-refractivity contribution in [3.8, 4) is 5.82 Å². The van der Waals surface area contributed by atoms with Gasteiger partial charge >= 0.3 is 5.97 Å². The molecule has 0 aliphatic carbocycles. The lowest BCUT2D eigenvalue weighted by Gasteiger charge is -2.09. The third kappa shape index (κ3) is 4.61. The lowest BCUT2D eigenvalue weighted by atomic mass is 10.2. The Labute approximate surface area is 175 Å². The highest BCUT2D eigenvalue weighted by Crippen LogP contribution is 2.23. The van der Waals surface area contributed by atoms with Crippen LogP contribution in [0.25, 0.3) is 5.82 Å². The van der Waals surface area contributed by atoms with Gasteiger partial charge < -0.3 is 10.1 Å². The number of anilines is 1. The summed E-state index contributed by atoms with van der Waals surface area (Å²) in [6.07, 6.45) is 0. The van der Waals surface area contributed by atoms with Crippen LogP contribution in [0.3, 0.4) is 0 Å². The fourth-order valence-electron chi connectivity index (χ4n) is 2.68. The van der Waals surface area contributed by atoms with Crippen molar-refractivity contribution in [3.63, 3.8) is 0 Å². The lowest BCUT2D eigenvalue weighted by Crippen LogP contribution is -2.22. The molecule has 0 saturated carbocycles. The number of nitrogens with zero attached hydrogens (tertiary/aromatic N) is 4. The molecule has 0 unspecified atom stereocenters. The summed E-state index contributed by atoms with van der Waals surface area (Å²) < 4.78 is 6.52. The molecule has 1 amide bonds. The summed E-state index contributed by atoms with van der Waals surface area (Å²) in [7, 11) is 0. The van der Waals surface area contributed by atoms with Gasteiger partial charge in [-0.05, 0) is 38.1 Å². The number of nitro benzene ring substituents is 1. The molecular weight excluding hydrogens is 414 g/mol. The summed E-state index contributed by atoms with van der Waals surface area (Å²) in [4.78, 5) is 39.0. The first-order valence-corrected chi connectivity index (χ1v) is 9.04. The van der Waals surface area contributed by atoms with Gasteiger partial charge in [0.1, 0.15) is 5.69 Å². The van der Waals surface area contributed by atoms with E-state index in [1.807, 2.05) is 19.9 Å². The third-order valence-corrected chi connectivity index (χ3v) is 4.27. The molecule has 1 aromatic carbocycles. The van der Waals surface area contributed by atoms with Crippen LogP contribution in [0.4, 0.5) is 11.4 Å². The average Bonchev–Trinajstić information content (AvgIpc) is 3.04. The molecule has 3 aromatic rings. The number of aryl methyl sites for hydroxylation is 2. The van der Waals surface area contributed by atoms with Gasteiger partial charge in [-0.2, -0.15) is 5.10 Å². The van der Waals surface area contributed by atoms with Crippen LogP contribution in [0.5, 0.6) is 0 Å². The number of hydrogen-bond acceptors (Lipinski definition) is 7. The Kier molecular flexibility index (Phi) is 6.07. The molecule has 0 radical (unpaired) electrons. The van der Waals surface area contributed by atoms with E-state index >= 15 is 0 Å². The van der Waals surface area contributed by atoms with Crippen molar-refractivity contribution in [2.75, 3.05) is 11.9 Å². The van der Waals surface area contributed by atoms with Crippen molar-refractivity contribution < 1.29 is 19.2 Å². The van der Waals surface area contributed by atoms with Crippen LogP contribution < -0.4 is 5.32 Å². The number of carbonyl (C=O) groups is 2. The maximum atomic E-state index is 12.4. The first-order valence-electron chi connectivity index (χ1n) is 8.67. The predicted molar refractivity (Wildman–Crippen MR) is 108 cm³/mol. The van der Waals surface area contributed by atoms with E-state index in [9.17, 15) is 19.7 Å². The summed E-state index contributed by atoms with van der Waals surface area (Å²) in [6, 6.07) is 10.5. The van der Waals surface area contributed by atoms with E-state index < -0.39 is 23.4 Å². The van der Waals surface area contributed by atoms with Crippen molar-refractivity contribution in [1.29, 1.82) is 0 Å². The Bertz CT molecular complexity index is 1140. The van der Waals surface area contributed by atoms with Crippen molar-refractivity contribution in [2.24, 2.45) is 0 Å². The maximum absolute atomic E-state index is 12.4. The van der Waals surface area contributed by atoms with Gasteiger partial charge in [-0.25, -0.2) is 14.5 Å². The first-order chi connectivity index (χ1) is 14.3. The topological polar surface area (TPSA) is 129 Å². The third-order valence-electron chi connectivity index (χ3n) is 3.96. The van der Waals surface area contributed by atoms with E-state index in [4.69, 9.17) is 16.3 Å². The van der Waals surface area contributed by atoms with Gasteiger partial charge in [0.15, 0.2) is 18.1 Å². The summed E-state index contributed by atoms with van der Waals surface area (Å²) >= 11 is 6.06. The second-order valence-electron chi connectivity index (χ2n) is 6.24. The number of ether oxygens (including phenoxy) is 1. The quantitative estimate of drug-likeness (QED) is 0.361. The lowest BCUT2D eigenvalue weighted by molar-refractivity contribution is -0.383. The van der Waals surface area contributed by atoms with E-state index in [0.717, 1.165) is 11.4 Å². The number of para-hydroxylation sites is 2. The molecule has 0 saturated heterocycles. The molecule has 0 aliphatic rings. The Morgan fingerprint density at radius 2 is 1.97 bits per heavy atom. The Hall–Kier alpha value is -3.79. The van der Waals surface area contributed by atoms with Gasteiger partial charge in [0.25, 0.3) is 11.6 Å². The second kappa shape index (κ2) is 8.70. The monoisotopic (exact) mass is 429 g/mol. The number of carbonyl (C=O) groups excluding carboxylic acids is 2. The minimum Gasteiger partial charge on any atom is -0.451 e. The molecule has 10 nitrogen and oxygen atoms in total. The van der Waals surface area contributed by atoms with E-state index in [1.54, 1.807) is 10.7 Å². The number of hydrogen-bond donors (Lipinski definition) is 1. The molecular formula is C19H16ClN5O5. The number of halogens is 1. The number of rotatable bonds is 6. The molecule has 2 heterocycles. The summed E-state index contributed by atoms with van der Waals surface area (Å²) in [5.41, 5.74) is 1.12. The van der Waals surface area contributed by atoms with Crippen molar-refractivity contribution in [3.05, 3.63) is 74.7 Å².